The Labute approximate surface area is 208 Å². The molecule has 184 valence electrons. The Morgan fingerprint density at radius 2 is 2.17 bits per heavy atom. The lowest BCUT2D eigenvalue weighted by Crippen LogP contribution is -2.40. The van der Waals surface area contributed by atoms with Gasteiger partial charge in [0.25, 0.3) is 5.91 Å². The highest BCUT2D eigenvalue weighted by molar-refractivity contribution is 6.32. The second-order valence-electron chi connectivity index (χ2n) is 8.36. The Morgan fingerprint density at radius 3 is 2.97 bits per heavy atom. The number of rotatable bonds is 7. The second-order valence-corrected chi connectivity index (χ2v) is 8.77. The molecule has 1 saturated heterocycles. The van der Waals surface area contributed by atoms with Crippen LogP contribution in [0.3, 0.4) is 0 Å². The number of ether oxygens (including phenoxy) is 4. The van der Waals surface area contributed by atoms with E-state index in [-0.39, 0.29) is 18.1 Å². The van der Waals surface area contributed by atoms with Crippen molar-refractivity contribution in [1.29, 1.82) is 0 Å². The van der Waals surface area contributed by atoms with Crippen molar-refractivity contribution in [2.24, 2.45) is 0 Å². The second kappa shape index (κ2) is 10.2. The molecule has 0 spiro atoms. The van der Waals surface area contributed by atoms with Crippen molar-refractivity contribution in [3.63, 3.8) is 0 Å². The zero-order valence-corrected chi connectivity index (χ0v) is 20.3. The van der Waals surface area contributed by atoms with Crippen LogP contribution in [-0.2, 0) is 15.9 Å². The Morgan fingerprint density at radius 1 is 1.29 bits per heavy atom. The van der Waals surface area contributed by atoms with E-state index < -0.39 is 0 Å². The molecule has 3 N–H and O–H groups in total. The fourth-order valence-electron chi connectivity index (χ4n) is 4.39. The van der Waals surface area contributed by atoms with Gasteiger partial charge in [0.05, 0.1) is 60.8 Å². The lowest BCUT2D eigenvalue weighted by molar-refractivity contribution is -0.122. The highest BCUT2D eigenvalue weighted by Gasteiger charge is 2.30. The molecule has 1 fully saturated rings. The third kappa shape index (κ3) is 4.67. The molecule has 0 bridgehead atoms. The first kappa shape index (κ1) is 23.5. The van der Waals surface area contributed by atoms with Crippen LogP contribution in [0.1, 0.15) is 23.0 Å². The van der Waals surface area contributed by atoms with E-state index in [4.69, 9.17) is 30.5 Å². The SMILES string of the molecule is COc1c(Cl)cccc1Nc1c(-c2ccncc2O[C@@H](C)[C@@H]2COCCO2)[nH]c2c1C(=O)NCC2. The number of para-hydroxylation sites is 1. The Kier molecular flexibility index (Phi) is 6.81. The predicted molar refractivity (Wildman–Crippen MR) is 132 cm³/mol. The van der Waals surface area contributed by atoms with Gasteiger partial charge in [-0.2, -0.15) is 0 Å². The van der Waals surface area contributed by atoms with Gasteiger partial charge in [0.1, 0.15) is 18.0 Å². The molecule has 2 aromatic heterocycles. The molecule has 3 aromatic rings. The number of aromatic amines is 1. The van der Waals surface area contributed by atoms with Crippen LogP contribution >= 0.6 is 11.6 Å². The highest BCUT2D eigenvalue weighted by Crippen LogP contribution is 2.43. The minimum atomic E-state index is -0.268. The zero-order chi connectivity index (χ0) is 24.4. The summed E-state index contributed by atoms with van der Waals surface area (Å²) >= 11 is 6.35. The van der Waals surface area contributed by atoms with Crippen LogP contribution in [-0.4, -0.2) is 61.6 Å². The van der Waals surface area contributed by atoms with E-state index in [0.717, 1.165) is 11.3 Å². The van der Waals surface area contributed by atoms with Gasteiger partial charge in [0.2, 0.25) is 0 Å². The maximum Gasteiger partial charge on any atom is 0.255 e. The van der Waals surface area contributed by atoms with Crippen molar-refractivity contribution in [2.75, 3.05) is 38.8 Å². The molecule has 0 saturated carbocycles. The lowest BCUT2D eigenvalue weighted by Gasteiger charge is -2.29. The van der Waals surface area contributed by atoms with Gasteiger partial charge in [0.15, 0.2) is 5.75 Å². The number of hydrogen-bond acceptors (Lipinski definition) is 7. The van der Waals surface area contributed by atoms with Gasteiger partial charge in [0, 0.05) is 30.4 Å². The third-order valence-corrected chi connectivity index (χ3v) is 6.43. The molecule has 2 aliphatic heterocycles. The lowest BCUT2D eigenvalue weighted by atomic mass is 10.0. The van der Waals surface area contributed by atoms with Gasteiger partial charge in [-0.3, -0.25) is 9.78 Å². The van der Waals surface area contributed by atoms with Crippen LogP contribution in [0, 0.1) is 0 Å². The van der Waals surface area contributed by atoms with Crippen LogP contribution in [0.5, 0.6) is 11.5 Å². The van der Waals surface area contributed by atoms with E-state index in [1.54, 1.807) is 25.6 Å². The molecule has 1 amide bonds. The number of benzene rings is 1. The molecule has 0 radical (unpaired) electrons. The van der Waals surface area contributed by atoms with Crippen LogP contribution in [0.4, 0.5) is 11.4 Å². The summed E-state index contributed by atoms with van der Waals surface area (Å²) in [7, 11) is 1.56. The van der Waals surface area contributed by atoms with Gasteiger partial charge in [-0.1, -0.05) is 17.7 Å². The van der Waals surface area contributed by atoms with Gasteiger partial charge in [-0.25, -0.2) is 0 Å². The van der Waals surface area contributed by atoms with Crippen LogP contribution in [0.25, 0.3) is 11.3 Å². The predicted octanol–water partition coefficient (Wildman–Crippen LogP) is 3.95. The molecule has 2 aliphatic rings. The zero-order valence-electron chi connectivity index (χ0n) is 19.5. The first-order valence-corrected chi connectivity index (χ1v) is 11.9. The van der Waals surface area contributed by atoms with Gasteiger partial charge >= 0.3 is 0 Å². The summed E-state index contributed by atoms with van der Waals surface area (Å²) in [6.07, 6.45) is 3.58. The monoisotopic (exact) mass is 498 g/mol. The number of nitrogens with zero attached hydrogens (tertiary/aromatic N) is 1. The first-order chi connectivity index (χ1) is 17.1. The number of nitrogens with one attached hydrogen (secondary N) is 3. The van der Waals surface area contributed by atoms with Crippen molar-refractivity contribution in [1.82, 2.24) is 15.3 Å². The quantitative estimate of drug-likeness (QED) is 0.452. The van der Waals surface area contributed by atoms with Gasteiger partial charge in [-0.15, -0.1) is 0 Å². The molecule has 10 heteroatoms. The summed E-state index contributed by atoms with van der Waals surface area (Å²) in [5, 5.41) is 6.78. The number of fused-ring (bicyclic) bond motifs is 1. The number of hydrogen-bond donors (Lipinski definition) is 3. The number of amides is 1. The molecular weight excluding hydrogens is 472 g/mol. The number of methoxy groups -OCH3 is 1. The summed E-state index contributed by atoms with van der Waals surface area (Å²) < 4.78 is 23.2. The Balaban J connectivity index is 1.57. The molecular formula is C25H27ClN4O5. The number of carbonyl (C=O) groups excluding carboxylic acids is 1. The average Bonchev–Trinajstić information content (AvgIpc) is 3.24. The number of carbonyl (C=O) groups is 1. The van der Waals surface area contributed by atoms with Crippen LogP contribution < -0.4 is 20.1 Å². The van der Waals surface area contributed by atoms with E-state index in [0.29, 0.717) is 71.9 Å². The topological polar surface area (TPSA) is 107 Å². The molecule has 1 aromatic carbocycles. The minimum absolute atomic E-state index is 0.158. The Bertz CT molecular complexity index is 1220. The summed E-state index contributed by atoms with van der Waals surface area (Å²) in [5.41, 5.74) is 4.10. The summed E-state index contributed by atoms with van der Waals surface area (Å²) in [4.78, 5) is 20.7. The average molecular weight is 499 g/mol. The van der Waals surface area contributed by atoms with Crippen molar-refractivity contribution in [3.8, 4) is 22.8 Å². The number of H-pyrrole nitrogens is 1. The number of pyridine rings is 1. The number of halogens is 1. The van der Waals surface area contributed by atoms with E-state index in [1.807, 2.05) is 25.1 Å². The van der Waals surface area contributed by atoms with Crippen molar-refractivity contribution >= 4 is 28.9 Å². The van der Waals surface area contributed by atoms with E-state index in [9.17, 15) is 4.79 Å². The summed E-state index contributed by atoms with van der Waals surface area (Å²) in [6.45, 7) is 4.08. The van der Waals surface area contributed by atoms with Crippen molar-refractivity contribution in [2.45, 2.75) is 25.6 Å². The third-order valence-electron chi connectivity index (χ3n) is 6.13. The Hall–Kier alpha value is -3.27. The normalized spacial score (nSPS) is 18.4. The molecule has 4 heterocycles. The molecule has 2 atom stereocenters. The standard InChI is InChI=1S/C25H27ClN4O5/c1-14(20-13-33-10-11-34-20)35-19-12-27-8-6-15(19)22-23(21-17(29-22)7-9-28-25(21)31)30-18-5-3-4-16(26)24(18)32-2/h3-6,8,12,14,20,29-30H,7,9-11,13H2,1-2H3,(H,28,31)/t14-,20-/m0/s1. The largest absolute Gasteiger partial charge is 0.493 e. The summed E-state index contributed by atoms with van der Waals surface area (Å²) in [5.74, 6) is 0.893. The van der Waals surface area contributed by atoms with Crippen LogP contribution in [0.15, 0.2) is 36.7 Å². The van der Waals surface area contributed by atoms with E-state index >= 15 is 0 Å². The molecule has 0 unspecified atom stereocenters. The van der Waals surface area contributed by atoms with E-state index in [1.165, 1.54) is 0 Å². The minimum Gasteiger partial charge on any atom is -0.493 e. The van der Waals surface area contributed by atoms with Crippen molar-refractivity contribution < 1.29 is 23.7 Å². The summed E-state index contributed by atoms with van der Waals surface area (Å²) in [6, 6.07) is 7.27. The molecule has 5 rings (SSSR count). The van der Waals surface area contributed by atoms with Gasteiger partial charge in [-0.05, 0) is 25.1 Å². The number of anilines is 2. The maximum absolute atomic E-state index is 12.9. The first-order valence-electron chi connectivity index (χ1n) is 11.5. The van der Waals surface area contributed by atoms with Crippen molar-refractivity contribution in [3.05, 3.63) is 52.9 Å². The van der Waals surface area contributed by atoms with Gasteiger partial charge < -0.3 is 34.6 Å². The number of aromatic nitrogens is 2. The molecule has 9 nitrogen and oxygen atoms in total. The van der Waals surface area contributed by atoms with Crippen LogP contribution in [0.2, 0.25) is 5.02 Å². The maximum atomic E-state index is 12.9. The fraction of sp³-hybridized carbons (Fsp3) is 0.360. The molecule has 35 heavy (non-hydrogen) atoms. The molecule has 0 aliphatic carbocycles. The smallest absolute Gasteiger partial charge is 0.255 e. The fourth-order valence-corrected chi connectivity index (χ4v) is 4.64. The highest BCUT2D eigenvalue weighted by atomic mass is 35.5. The van der Waals surface area contributed by atoms with E-state index in [2.05, 4.69) is 20.6 Å².